The number of piperidine rings is 1. The van der Waals surface area contributed by atoms with Gasteiger partial charge in [-0.2, -0.15) is 0 Å². The highest BCUT2D eigenvalue weighted by Gasteiger charge is 2.43. The zero-order valence-corrected chi connectivity index (χ0v) is 14.3. The molecular formula is C18H23N3O4. The molecular weight excluding hydrogens is 322 g/mol. The van der Waals surface area contributed by atoms with E-state index in [-0.39, 0.29) is 30.1 Å². The molecule has 25 heavy (non-hydrogen) atoms. The topological polar surface area (TPSA) is 92.9 Å². The average Bonchev–Trinajstić information content (AvgIpc) is 2.90. The highest BCUT2D eigenvalue weighted by Crippen LogP contribution is 2.30. The third-order valence-electron chi connectivity index (χ3n) is 4.88. The van der Waals surface area contributed by atoms with Crippen molar-refractivity contribution in [2.45, 2.75) is 32.2 Å². The van der Waals surface area contributed by atoms with Gasteiger partial charge in [0.25, 0.3) is 5.91 Å². The minimum Gasteiger partial charge on any atom is -0.494 e. The van der Waals surface area contributed by atoms with Crippen molar-refractivity contribution in [3.63, 3.8) is 0 Å². The lowest BCUT2D eigenvalue weighted by Crippen LogP contribution is -2.47. The van der Waals surface area contributed by atoms with Crippen LogP contribution in [0.4, 0.5) is 5.69 Å². The van der Waals surface area contributed by atoms with Crippen LogP contribution in [0.5, 0.6) is 5.75 Å². The number of imide groups is 1. The van der Waals surface area contributed by atoms with Gasteiger partial charge in [0.2, 0.25) is 11.8 Å². The molecule has 1 atom stereocenters. The molecule has 2 aliphatic rings. The fraction of sp³-hybridized carbons (Fsp3) is 0.500. The van der Waals surface area contributed by atoms with Crippen molar-refractivity contribution in [3.05, 3.63) is 24.3 Å². The molecule has 2 fully saturated rings. The van der Waals surface area contributed by atoms with Crippen LogP contribution in [0, 0.1) is 5.92 Å². The third-order valence-corrected chi connectivity index (χ3v) is 4.88. The molecule has 0 radical (unpaired) electrons. The van der Waals surface area contributed by atoms with Crippen LogP contribution >= 0.6 is 0 Å². The fourth-order valence-electron chi connectivity index (χ4n) is 3.55. The van der Waals surface area contributed by atoms with E-state index in [2.05, 4.69) is 0 Å². The van der Waals surface area contributed by atoms with Gasteiger partial charge >= 0.3 is 0 Å². The van der Waals surface area contributed by atoms with Crippen LogP contribution < -0.4 is 15.4 Å². The van der Waals surface area contributed by atoms with Gasteiger partial charge in [0.05, 0.1) is 24.8 Å². The van der Waals surface area contributed by atoms with Gasteiger partial charge in [-0.3, -0.25) is 19.3 Å². The van der Waals surface area contributed by atoms with Crippen LogP contribution in [0.3, 0.4) is 0 Å². The second-order valence-corrected chi connectivity index (χ2v) is 6.43. The number of nitrogens with two attached hydrogens (primary N) is 1. The van der Waals surface area contributed by atoms with Gasteiger partial charge in [-0.25, -0.2) is 4.90 Å². The Labute approximate surface area is 146 Å². The van der Waals surface area contributed by atoms with Crippen LogP contribution in [0.25, 0.3) is 0 Å². The molecule has 0 bridgehead atoms. The van der Waals surface area contributed by atoms with Crippen molar-refractivity contribution in [3.8, 4) is 5.75 Å². The number of likely N-dealkylation sites (tertiary alicyclic amines) is 1. The fourth-order valence-corrected chi connectivity index (χ4v) is 3.55. The smallest absolute Gasteiger partial charge is 0.251 e. The van der Waals surface area contributed by atoms with Gasteiger partial charge < -0.3 is 10.5 Å². The van der Waals surface area contributed by atoms with Crippen molar-refractivity contribution >= 4 is 23.4 Å². The number of hydrogen-bond acceptors (Lipinski definition) is 5. The maximum absolute atomic E-state index is 12.8. The molecule has 3 amide bonds. The molecule has 0 aliphatic carbocycles. The van der Waals surface area contributed by atoms with Gasteiger partial charge in [0.15, 0.2) is 0 Å². The van der Waals surface area contributed by atoms with Crippen LogP contribution in [0.2, 0.25) is 0 Å². The number of primary amides is 1. The van der Waals surface area contributed by atoms with E-state index in [4.69, 9.17) is 10.5 Å². The molecule has 2 aliphatic heterocycles. The van der Waals surface area contributed by atoms with Crippen molar-refractivity contribution < 1.29 is 19.1 Å². The predicted molar refractivity (Wildman–Crippen MR) is 92.0 cm³/mol. The Morgan fingerprint density at radius 3 is 2.64 bits per heavy atom. The highest BCUT2D eigenvalue weighted by atomic mass is 16.5. The summed E-state index contributed by atoms with van der Waals surface area (Å²) in [5, 5.41) is 0. The lowest BCUT2D eigenvalue weighted by atomic mass is 9.95. The number of benzene rings is 1. The Morgan fingerprint density at radius 2 is 2.00 bits per heavy atom. The average molecular weight is 345 g/mol. The Morgan fingerprint density at radius 1 is 1.28 bits per heavy atom. The Balaban J connectivity index is 1.72. The maximum atomic E-state index is 12.8. The van der Waals surface area contributed by atoms with E-state index in [1.54, 1.807) is 24.3 Å². The Bertz CT molecular complexity index is 683. The van der Waals surface area contributed by atoms with E-state index in [0.717, 1.165) is 0 Å². The number of ether oxygens (including phenoxy) is 1. The first kappa shape index (κ1) is 17.4. The summed E-state index contributed by atoms with van der Waals surface area (Å²) in [4.78, 5) is 39.8. The number of anilines is 1. The molecule has 2 heterocycles. The van der Waals surface area contributed by atoms with E-state index < -0.39 is 6.04 Å². The molecule has 134 valence electrons. The van der Waals surface area contributed by atoms with Crippen molar-refractivity contribution in [2.75, 3.05) is 24.6 Å². The molecule has 2 N–H and O–H groups in total. The first-order valence-electron chi connectivity index (χ1n) is 8.64. The zero-order chi connectivity index (χ0) is 18.0. The summed E-state index contributed by atoms with van der Waals surface area (Å²) in [7, 11) is 0. The largest absolute Gasteiger partial charge is 0.494 e. The SMILES string of the molecule is CCOc1cccc(N2C(=O)C[C@H](N3CCC(C(N)=O)CC3)C2=O)c1. The quantitative estimate of drug-likeness (QED) is 0.801. The summed E-state index contributed by atoms with van der Waals surface area (Å²) in [6.45, 7) is 3.60. The lowest BCUT2D eigenvalue weighted by Gasteiger charge is -2.33. The first-order valence-corrected chi connectivity index (χ1v) is 8.64. The van der Waals surface area contributed by atoms with Crippen LogP contribution in [0.15, 0.2) is 24.3 Å². The minimum atomic E-state index is -0.461. The minimum absolute atomic E-state index is 0.137. The van der Waals surface area contributed by atoms with Gasteiger partial charge in [0, 0.05) is 12.0 Å². The van der Waals surface area contributed by atoms with Crippen LogP contribution in [-0.2, 0) is 14.4 Å². The number of nitrogens with zero attached hydrogens (tertiary/aromatic N) is 2. The van der Waals surface area contributed by atoms with Crippen molar-refractivity contribution in [1.82, 2.24) is 4.90 Å². The highest BCUT2D eigenvalue weighted by molar-refractivity contribution is 6.22. The number of hydrogen-bond donors (Lipinski definition) is 1. The van der Waals surface area contributed by atoms with Gasteiger partial charge in [-0.15, -0.1) is 0 Å². The summed E-state index contributed by atoms with van der Waals surface area (Å²) >= 11 is 0. The second-order valence-electron chi connectivity index (χ2n) is 6.43. The number of carbonyl (C=O) groups excluding carboxylic acids is 3. The third kappa shape index (κ3) is 3.51. The van der Waals surface area contributed by atoms with E-state index >= 15 is 0 Å². The summed E-state index contributed by atoms with van der Waals surface area (Å²) in [5.41, 5.74) is 5.89. The molecule has 3 rings (SSSR count). The van der Waals surface area contributed by atoms with Crippen molar-refractivity contribution in [2.24, 2.45) is 11.7 Å². The normalized spacial score (nSPS) is 22.4. The molecule has 0 aromatic heterocycles. The van der Waals surface area contributed by atoms with Crippen LogP contribution in [-0.4, -0.2) is 48.4 Å². The molecule has 2 saturated heterocycles. The van der Waals surface area contributed by atoms with Gasteiger partial charge in [-0.1, -0.05) is 6.07 Å². The number of rotatable bonds is 5. The molecule has 1 aromatic carbocycles. The summed E-state index contributed by atoms with van der Waals surface area (Å²) in [6.07, 6.45) is 1.43. The van der Waals surface area contributed by atoms with Crippen LogP contribution in [0.1, 0.15) is 26.2 Å². The van der Waals surface area contributed by atoms with E-state index in [9.17, 15) is 14.4 Å². The molecule has 0 saturated carbocycles. The Kier molecular flexibility index (Phi) is 5.03. The van der Waals surface area contributed by atoms with Crippen molar-refractivity contribution in [1.29, 1.82) is 0 Å². The molecule has 1 aromatic rings. The summed E-state index contributed by atoms with van der Waals surface area (Å²) in [5.74, 6) is -0.214. The van der Waals surface area contributed by atoms with E-state index in [0.29, 0.717) is 44.0 Å². The number of carbonyl (C=O) groups is 3. The van der Waals surface area contributed by atoms with E-state index in [1.165, 1.54) is 4.90 Å². The standard InChI is InChI=1S/C18H23N3O4/c1-2-25-14-5-3-4-13(10-14)21-16(22)11-15(18(21)24)20-8-6-12(7-9-20)17(19)23/h3-5,10,12,15H,2,6-9,11H2,1H3,(H2,19,23)/t15-/m0/s1. The first-order chi connectivity index (χ1) is 12.0. The molecule has 7 nitrogen and oxygen atoms in total. The molecule has 7 heteroatoms. The monoisotopic (exact) mass is 345 g/mol. The molecule has 0 unspecified atom stereocenters. The number of amides is 3. The van der Waals surface area contributed by atoms with Gasteiger partial charge in [0.1, 0.15) is 5.75 Å². The summed E-state index contributed by atoms with van der Waals surface area (Å²) < 4.78 is 5.45. The van der Waals surface area contributed by atoms with E-state index in [1.807, 2.05) is 11.8 Å². The second kappa shape index (κ2) is 7.23. The van der Waals surface area contributed by atoms with Gasteiger partial charge in [-0.05, 0) is 45.0 Å². The predicted octanol–water partition coefficient (Wildman–Crippen LogP) is 0.914. The maximum Gasteiger partial charge on any atom is 0.251 e. The Hall–Kier alpha value is -2.41. The summed E-state index contributed by atoms with van der Waals surface area (Å²) in [6, 6.07) is 6.55. The molecule has 0 spiro atoms. The lowest BCUT2D eigenvalue weighted by molar-refractivity contribution is -0.124. The zero-order valence-electron chi connectivity index (χ0n) is 14.3.